The number of hydrogen-bond donors (Lipinski definition) is 0. The second-order valence-corrected chi connectivity index (χ2v) is 16.0. The average molecular weight is 874 g/mol. The van der Waals surface area contributed by atoms with Gasteiger partial charge in [-0.3, -0.25) is 0 Å². The first-order valence-electron chi connectivity index (χ1n) is 22.1. The van der Waals surface area contributed by atoms with E-state index in [1.165, 1.54) is 0 Å². The van der Waals surface area contributed by atoms with Crippen LogP contribution in [0.3, 0.4) is 0 Å². The van der Waals surface area contributed by atoms with Crippen LogP contribution in [0, 0.1) is 0 Å². The van der Waals surface area contributed by atoms with Crippen molar-refractivity contribution < 1.29 is 37.9 Å². The van der Waals surface area contributed by atoms with Crippen LogP contribution in [0.4, 0.5) is 0 Å². The van der Waals surface area contributed by atoms with Crippen molar-refractivity contribution in [2.75, 3.05) is 6.61 Å². The van der Waals surface area contributed by atoms with E-state index in [1.54, 1.807) is 0 Å². The van der Waals surface area contributed by atoms with Crippen LogP contribution in [0.1, 0.15) is 33.4 Å². The fourth-order valence-corrected chi connectivity index (χ4v) is 8.03. The molecule has 11 heteroatoms. The molecular weight excluding hydrogens is 819 g/mol. The summed E-state index contributed by atoms with van der Waals surface area (Å²) in [6.45, 7) is 1.90. The third-order valence-corrected chi connectivity index (χ3v) is 11.4. The van der Waals surface area contributed by atoms with Crippen molar-refractivity contribution >= 4 is 0 Å². The molecule has 1 aliphatic heterocycles. The Bertz CT molecular complexity index is 2340. The molecule has 11 nitrogen and oxygen atoms in total. The van der Waals surface area contributed by atoms with Gasteiger partial charge >= 0.3 is 0 Å². The molecule has 0 spiro atoms. The normalized spacial score (nSPS) is 24.0. The maximum Gasteiger partial charge on any atom is 0.170 e. The fourth-order valence-electron chi connectivity index (χ4n) is 8.03. The average Bonchev–Trinajstić information content (AvgIpc) is 3.36. The number of benzene rings is 6. The highest BCUT2D eigenvalue weighted by Crippen LogP contribution is 2.35. The minimum atomic E-state index is -1.12. The molecule has 6 aromatic carbocycles. The number of rotatable bonds is 22. The molecule has 1 aliphatic carbocycles. The van der Waals surface area contributed by atoms with Gasteiger partial charge in [0.1, 0.15) is 48.8 Å². The van der Waals surface area contributed by atoms with Crippen molar-refractivity contribution in [1.82, 2.24) is 0 Å². The first-order valence-corrected chi connectivity index (χ1v) is 22.1. The predicted molar refractivity (Wildman–Crippen MR) is 247 cm³/mol. The van der Waals surface area contributed by atoms with Crippen LogP contribution in [0.2, 0.25) is 0 Å². The van der Waals surface area contributed by atoms with Crippen molar-refractivity contribution in [3.8, 4) is 0 Å². The molecule has 4 unspecified atom stereocenters. The van der Waals surface area contributed by atoms with Crippen LogP contribution < -0.4 is 0 Å². The van der Waals surface area contributed by atoms with Gasteiger partial charge in [0.2, 0.25) is 0 Å². The maximum atomic E-state index is 10.2. The number of ether oxygens (including phenoxy) is 8. The lowest BCUT2D eigenvalue weighted by Crippen LogP contribution is -2.62. The van der Waals surface area contributed by atoms with E-state index >= 15 is 0 Å². The van der Waals surface area contributed by atoms with E-state index < -0.39 is 55.1 Å². The highest BCUT2D eigenvalue weighted by Gasteiger charge is 2.50. The first kappa shape index (κ1) is 45.6. The number of hydrogen-bond acceptors (Lipinski definition) is 9. The van der Waals surface area contributed by atoms with Crippen molar-refractivity contribution in [3.63, 3.8) is 0 Å². The summed E-state index contributed by atoms with van der Waals surface area (Å²) < 4.78 is 54.1. The van der Waals surface area contributed by atoms with Gasteiger partial charge in [0, 0.05) is 4.91 Å². The van der Waals surface area contributed by atoms with Crippen LogP contribution in [-0.4, -0.2) is 61.7 Å². The van der Waals surface area contributed by atoms with E-state index in [0.29, 0.717) is 19.8 Å². The third kappa shape index (κ3) is 13.3. The van der Waals surface area contributed by atoms with Gasteiger partial charge in [-0.25, -0.2) is 0 Å². The molecule has 8 rings (SSSR count). The Balaban J connectivity index is 1.12. The largest absolute Gasteiger partial charge is 0.374 e. The highest BCUT2D eigenvalue weighted by molar-refractivity contribution is 5.20. The van der Waals surface area contributed by atoms with Crippen LogP contribution in [0.25, 0.3) is 10.4 Å². The van der Waals surface area contributed by atoms with E-state index in [0.717, 1.165) is 33.4 Å². The zero-order chi connectivity index (χ0) is 44.3. The topological polar surface area (TPSA) is 123 Å². The van der Waals surface area contributed by atoms with Crippen LogP contribution in [0.15, 0.2) is 199 Å². The summed E-state index contributed by atoms with van der Waals surface area (Å²) in [6.07, 6.45) is -2.06. The third-order valence-electron chi connectivity index (χ3n) is 11.4. The summed E-state index contributed by atoms with van der Waals surface area (Å²) in [7, 11) is 0. The van der Waals surface area contributed by atoms with Gasteiger partial charge in [-0.15, -0.1) is 0 Å². The van der Waals surface area contributed by atoms with E-state index in [2.05, 4.69) is 10.0 Å². The molecule has 1 heterocycles. The molecule has 0 N–H and O–H groups in total. The minimum Gasteiger partial charge on any atom is -0.374 e. The Hall–Kier alpha value is -5.95. The van der Waals surface area contributed by atoms with E-state index in [-0.39, 0.29) is 26.4 Å². The van der Waals surface area contributed by atoms with Crippen molar-refractivity contribution in [3.05, 3.63) is 238 Å². The van der Waals surface area contributed by atoms with Gasteiger partial charge in [-0.2, -0.15) is 0 Å². The molecule has 0 bridgehead atoms. The SMILES string of the molecule is [N-]=[N+]=NC1[C@@H](O[C@@H]2C=CC(OCc3ccccc3)C(OCc3ccccc3)[C@@H]2OCc2ccccc2)OC(COCc2ccccc2)[C@@H](OCc2ccccc2)[C@@H]1OCc1ccccc1. The van der Waals surface area contributed by atoms with Crippen molar-refractivity contribution in [2.24, 2.45) is 5.11 Å². The summed E-state index contributed by atoms with van der Waals surface area (Å²) in [5.74, 6) is 0. The minimum absolute atomic E-state index is 0.134. The van der Waals surface area contributed by atoms with Gasteiger partial charge in [0.05, 0.1) is 46.2 Å². The molecule has 1 saturated heterocycles. The first-order chi connectivity index (χ1) is 32.2. The number of azide groups is 1. The Morgan fingerprint density at radius 3 is 1.20 bits per heavy atom. The molecule has 334 valence electrons. The van der Waals surface area contributed by atoms with E-state index in [1.807, 2.05) is 194 Å². The Morgan fingerprint density at radius 2 is 0.769 bits per heavy atom. The van der Waals surface area contributed by atoms with E-state index in [9.17, 15) is 5.53 Å². The Morgan fingerprint density at radius 1 is 0.415 bits per heavy atom. The van der Waals surface area contributed by atoms with Crippen LogP contribution in [-0.2, 0) is 77.5 Å². The molecule has 0 aromatic heterocycles. The van der Waals surface area contributed by atoms with Crippen molar-refractivity contribution in [1.29, 1.82) is 0 Å². The summed E-state index contributed by atoms with van der Waals surface area (Å²) in [5, 5.41) is 4.35. The summed E-state index contributed by atoms with van der Waals surface area (Å²) in [4.78, 5) is 3.33. The van der Waals surface area contributed by atoms with Crippen molar-refractivity contribution in [2.45, 2.75) is 94.7 Å². The molecule has 6 aromatic rings. The summed E-state index contributed by atoms with van der Waals surface area (Å²) >= 11 is 0. The molecule has 2 aliphatic rings. The molecule has 0 radical (unpaired) electrons. The van der Waals surface area contributed by atoms with Crippen LogP contribution >= 0.6 is 0 Å². The van der Waals surface area contributed by atoms with E-state index in [4.69, 9.17) is 37.9 Å². The van der Waals surface area contributed by atoms with Gasteiger partial charge in [0.25, 0.3) is 0 Å². The second-order valence-electron chi connectivity index (χ2n) is 16.0. The quantitative estimate of drug-likeness (QED) is 0.0286. The molecule has 0 amide bonds. The monoisotopic (exact) mass is 873 g/mol. The zero-order valence-corrected chi connectivity index (χ0v) is 36.2. The maximum absolute atomic E-state index is 10.2. The highest BCUT2D eigenvalue weighted by atomic mass is 16.7. The lowest BCUT2D eigenvalue weighted by molar-refractivity contribution is -0.304. The Labute approximate surface area is 381 Å². The van der Waals surface area contributed by atoms with Gasteiger partial charge in [-0.1, -0.05) is 199 Å². The molecule has 65 heavy (non-hydrogen) atoms. The molecule has 9 atom stereocenters. The number of nitrogens with zero attached hydrogens (tertiary/aromatic N) is 3. The lowest BCUT2D eigenvalue weighted by Gasteiger charge is -2.47. The van der Waals surface area contributed by atoms with Crippen LogP contribution in [0.5, 0.6) is 0 Å². The standard InChI is InChI=1S/C54H55N3O8/c55-57-56-49-53(63-38-45-29-17-6-18-30-45)52(62-37-44-27-15-5-16-28-44)48(39-58-33-40-19-7-1-8-20-40)65-54(49)64-47-32-31-46(59-34-41-21-9-2-10-22-41)50(60-35-42-23-11-3-12-24-42)51(47)61-36-43-25-13-4-14-26-43/h1-32,46-54H,33-39H2/t46?,47-,48?,49?,50?,51-,52-,53-,54+/m1/s1. The summed E-state index contributed by atoms with van der Waals surface area (Å²) in [5.41, 5.74) is 16.1. The molecular formula is C54H55N3O8. The van der Waals surface area contributed by atoms with Gasteiger partial charge < -0.3 is 37.9 Å². The summed E-state index contributed by atoms with van der Waals surface area (Å²) in [6, 6.07) is 58.7. The predicted octanol–water partition coefficient (Wildman–Crippen LogP) is 10.5. The molecule has 1 fully saturated rings. The van der Waals surface area contributed by atoms with Gasteiger partial charge in [0.15, 0.2) is 6.29 Å². The smallest absolute Gasteiger partial charge is 0.170 e. The lowest BCUT2D eigenvalue weighted by atomic mass is 9.93. The fraction of sp³-hybridized carbons (Fsp3) is 0.296. The zero-order valence-electron chi connectivity index (χ0n) is 36.2. The molecule has 0 saturated carbocycles. The second kappa shape index (κ2) is 24.4. The Kier molecular flexibility index (Phi) is 17.1. The van der Waals surface area contributed by atoms with Gasteiger partial charge in [-0.05, 0) is 38.9 Å².